The van der Waals surface area contributed by atoms with Crippen molar-refractivity contribution in [2.45, 2.75) is 25.7 Å². The zero-order valence-electron chi connectivity index (χ0n) is 21.5. The largest absolute Gasteiger partial charge is 0.492 e. The number of hydrogen-bond acceptors (Lipinski definition) is 6. The summed E-state index contributed by atoms with van der Waals surface area (Å²) in [7, 11) is 0. The molecule has 0 spiro atoms. The lowest BCUT2D eigenvalue weighted by Gasteiger charge is -2.22. The van der Waals surface area contributed by atoms with Gasteiger partial charge in [-0.25, -0.2) is 9.59 Å². The van der Waals surface area contributed by atoms with Gasteiger partial charge in [-0.05, 0) is 37.1 Å². The fourth-order valence-corrected chi connectivity index (χ4v) is 3.43. The maximum atomic E-state index is 12.4. The number of urea groups is 2. The lowest BCUT2D eigenvalue weighted by atomic mass is 10.2. The molecule has 0 atom stereocenters. The Labute approximate surface area is 223 Å². The summed E-state index contributed by atoms with van der Waals surface area (Å²) in [6, 6.07) is 17.6. The summed E-state index contributed by atoms with van der Waals surface area (Å²) in [5, 5.41) is 20.8. The molecule has 0 heterocycles. The second-order valence-electron chi connectivity index (χ2n) is 8.27. The van der Waals surface area contributed by atoms with E-state index in [0.717, 1.165) is 12.8 Å². The molecule has 0 saturated heterocycles. The maximum absolute atomic E-state index is 12.4. The summed E-state index contributed by atoms with van der Waals surface area (Å²) in [5.41, 5.74) is 11.2. The number of rotatable bonds is 15. The minimum absolute atomic E-state index is 0.277. The van der Waals surface area contributed by atoms with Crippen molar-refractivity contribution < 1.29 is 19.1 Å². The molecule has 206 valence electrons. The standard InChI is InChI=1S/C26H38N8O4/c27-23(28)33(25(35)31-15-19-37-21-11-5-3-6-12-21)17-9-1-2-10-18-34(24(29)30)26(36)32-16-20-38-22-13-7-4-8-14-22/h3-8,11-14H,1-2,9-10,15-20H2,(H3,27,28)(H3,29,30)(H,31,35)(H,32,36). The highest BCUT2D eigenvalue weighted by Gasteiger charge is 2.17. The molecular weight excluding hydrogens is 488 g/mol. The molecule has 8 N–H and O–H groups in total. The molecule has 0 saturated carbocycles. The van der Waals surface area contributed by atoms with Crippen LogP contribution in [0.3, 0.4) is 0 Å². The average molecular weight is 527 g/mol. The van der Waals surface area contributed by atoms with Crippen molar-refractivity contribution in [2.24, 2.45) is 11.5 Å². The van der Waals surface area contributed by atoms with Crippen molar-refractivity contribution in [2.75, 3.05) is 39.4 Å². The predicted octanol–water partition coefficient (Wildman–Crippen LogP) is 2.51. The van der Waals surface area contributed by atoms with Gasteiger partial charge in [-0.2, -0.15) is 0 Å². The third-order valence-corrected chi connectivity index (χ3v) is 5.37. The summed E-state index contributed by atoms with van der Waals surface area (Å²) >= 11 is 0. The Hall–Kier alpha value is -4.48. The molecule has 0 radical (unpaired) electrons. The highest BCUT2D eigenvalue weighted by molar-refractivity contribution is 5.94. The van der Waals surface area contributed by atoms with Crippen molar-refractivity contribution in [3.63, 3.8) is 0 Å². The van der Waals surface area contributed by atoms with E-state index < -0.39 is 12.1 Å². The number of carbonyl (C=O) groups excluding carboxylic acids is 2. The molecule has 2 rings (SSSR count). The van der Waals surface area contributed by atoms with Crippen LogP contribution in [-0.4, -0.2) is 73.2 Å². The van der Waals surface area contributed by atoms with E-state index in [1.807, 2.05) is 60.7 Å². The van der Waals surface area contributed by atoms with E-state index in [9.17, 15) is 9.59 Å². The first kappa shape index (κ1) is 29.7. The molecule has 0 aliphatic heterocycles. The van der Waals surface area contributed by atoms with E-state index >= 15 is 0 Å². The van der Waals surface area contributed by atoms with Gasteiger partial charge in [0.15, 0.2) is 11.9 Å². The normalized spacial score (nSPS) is 10.2. The van der Waals surface area contributed by atoms with Crippen LogP contribution in [0.5, 0.6) is 11.5 Å². The number of nitrogens with two attached hydrogens (primary N) is 2. The van der Waals surface area contributed by atoms with Crippen LogP contribution in [0.4, 0.5) is 9.59 Å². The minimum atomic E-state index is -0.454. The summed E-state index contributed by atoms with van der Waals surface area (Å²) < 4.78 is 11.1. The topological polar surface area (TPSA) is 183 Å². The van der Waals surface area contributed by atoms with Gasteiger partial charge in [0, 0.05) is 13.1 Å². The van der Waals surface area contributed by atoms with Crippen molar-refractivity contribution in [1.82, 2.24) is 20.4 Å². The number of guanidine groups is 2. The zero-order chi connectivity index (χ0) is 27.6. The maximum Gasteiger partial charge on any atom is 0.324 e. The van der Waals surface area contributed by atoms with Crippen LogP contribution in [0.15, 0.2) is 60.7 Å². The van der Waals surface area contributed by atoms with Crippen LogP contribution >= 0.6 is 0 Å². The van der Waals surface area contributed by atoms with Gasteiger partial charge in [-0.15, -0.1) is 0 Å². The first-order valence-electron chi connectivity index (χ1n) is 12.5. The van der Waals surface area contributed by atoms with Gasteiger partial charge in [0.05, 0.1) is 13.1 Å². The molecule has 2 aromatic rings. The first-order valence-corrected chi connectivity index (χ1v) is 12.5. The molecule has 4 amide bonds. The third-order valence-electron chi connectivity index (χ3n) is 5.37. The highest BCUT2D eigenvalue weighted by Crippen LogP contribution is 2.09. The predicted molar refractivity (Wildman–Crippen MR) is 146 cm³/mol. The molecule has 0 bridgehead atoms. The highest BCUT2D eigenvalue weighted by atomic mass is 16.5. The SMILES string of the molecule is N=C(N)N(CCCCCCN(C(=N)N)C(=O)NCCOc1ccccc1)C(=O)NCCOc1ccccc1. The average Bonchev–Trinajstić information content (AvgIpc) is 2.91. The second kappa shape index (κ2) is 17.1. The number of ether oxygens (including phenoxy) is 2. The van der Waals surface area contributed by atoms with Crippen LogP contribution in [-0.2, 0) is 0 Å². The number of nitrogens with one attached hydrogen (secondary N) is 4. The van der Waals surface area contributed by atoms with E-state index in [1.165, 1.54) is 9.80 Å². The summed E-state index contributed by atoms with van der Waals surface area (Å²) in [6.07, 6.45) is 2.73. The van der Waals surface area contributed by atoms with E-state index in [4.69, 9.17) is 31.8 Å². The van der Waals surface area contributed by atoms with Crippen LogP contribution < -0.4 is 31.6 Å². The lowest BCUT2D eigenvalue weighted by Crippen LogP contribution is -2.48. The number of amides is 4. The molecule has 12 nitrogen and oxygen atoms in total. The molecule has 0 aromatic heterocycles. The number of para-hydroxylation sites is 2. The van der Waals surface area contributed by atoms with Gasteiger partial charge >= 0.3 is 12.1 Å². The van der Waals surface area contributed by atoms with Crippen molar-refractivity contribution in [3.8, 4) is 11.5 Å². The molecule has 38 heavy (non-hydrogen) atoms. The summed E-state index contributed by atoms with van der Waals surface area (Å²) in [5.74, 6) is 0.760. The fraction of sp³-hybridized carbons (Fsp3) is 0.385. The van der Waals surface area contributed by atoms with Crippen molar-refractivity contribution in [1.29, 1.82) is 10.8 Å². The number of carbonyl (C=O) groups is 2. The minimum Gasteiger partial charge on any atom is -0.492 e. The fourth-order valence-electron chi connectivity index (χ4n) is 3.43. The monoisotopic (exact) mass is 526 g/mol. The van der Waals surface area contributed by atoms with Crippen LogP contribution in [0, 0.1) is 10.8 Å². The van der Waals surface area contributed by atoms with Gasteiger partial charge in [0.25, 0.3) is 0 Å². The van der Waals surface area contributed by atoms with E-state index in [2.05, 4.69) is 10.6 Å². The molecule has 0 aliphatic carbocycles. The van der Waals surface area contributed by atoms with E-state index in [0.29, 0.717) is 50.6 Å². The lowest BCUT2D eigenvalue weighted by molar-refractivity contribution is 0.213. The van der Waals surface area contributed by atoms with E-state index in [-0.39, 0.29) is 25.0 Å². The Morgan fingerprint density at radius 2 is 1.03 bits per heavy atom. The Morgan fingerprint density at radius 1 is 0.658 bits per heavy atom. The summed E-state index contributed by atoms with van der Waals surface area (Å²) in [4.78, 5) is 27.1. The number of hydrogen-bond donors (Lipinski definition) is 6. The first-order chi connectivity index (χ1) is 18.4. The number of nitrogens with zero attached hydrogens (tertiary/aromatic N) is 2. The van der Waals surface area contributed by atoms with Crippen molar-refractivity contribution in [3.05, 3.63) is 60.7 Å². The van der Waals surface area contributed by atoms with Crippen molar-refractivity contribution >= 4 is 24.0 Å². The van der Waals surface area contributed by atoms with Gasteiger partial charge in [0.1, 0.15) is 24.7 Å². The van der Waals surface area contributed by atoms with Crippen LogP contribution in [0.2, 0.25) is 0 Å². The molecule has 0 aliphatic rings. The van der Waals surface area contributed by atoms with Crippen LogP contribution in [0.25, 0.3) is 0 Å². The molecule has 0 fully saturated rings. The van der Waals surface area contributed by atoms with Gasteiger partial charge in [0.2, 0.25) is 0 Å². The number of unbranched alkanes of at least 4 members (excludes halogenated alkanes) is 3. The van der Waals surface area contributed by atoms with Gasteiger partial charge < -0.3 is 31.6 Å². The zero-order valence-corrected chi connectivity index (χ0v) is 21.5. The Bertz CT molecular complexity index is 925. The van der Waals surface area contributed by atoms with Gasteiger partial charge in [-0.3, -0.25) is 20.6 Å². The van der Waals surface area contributed by atoms with Gasteiger partial charge in [-0.1, -0.05) is 49.2 Å². The third kappa shape index (κ3) is 11.5. The molecule has 12 heteroatoms. The second-order valence-corrected chi connectivity index (χ2v) is 8.27. The smallest absolute Gasteiger partial charge is 0.324 e. The molecule has 2 aromatic carbocycles. The Kier molecular flexibility index (Phi) is 13.4. The molecular formula is C26H38N8O4. The number of benzene rings is 2. The summed E-state index contributed by atoms with van der Waals surface area (Å²) in [6.45, 7) is 1.72. The Morgan fingerprint density at radius 3 is 1.37 bits per heavy atom. The van der Waals surface area contributed by atoms with Crippen LogP contribution in [0.1, 0.15) is 25.7 Å². The molecule has 0 unspecified atom stereocenters. The van der Waals surface area contributed by atoms with E-state index in [1.54, 1.807) is 0 Å². The Balaban J connectivity index is 1.60. The quantitative estimate of drug-likeness (QED) is 0.118.